The van der Waals surface area contributed by atoms with E-state index in [0.717, 1.165) is 40.5 Å². The average Bonchev–Trinajstić information content (AvgIpc) is 2.75. The Kier molecular flexibility index (Phi) is 4.37. The fourth-order valence-corrected chi connectivity index (χ4v) is 2.85. The molecule has 5 nitrogen and oxygen atoms in total. The number of fused-ring (bicyclic) bond motifs is 1. The molecule has 0 bridgehead atoms. The highest BCUT2D eigenvalue weighted by Gasteiger charge is 2.25. The van der Waals surface area contributed by atoms with Crippen molar-refractivity contribution in [3.63, 3.8) is 0 Å². The molecule has 1 aliphatic rings. The highest BCUT2D eigenvalue weighted by molar-refractivity contribution is 5.88. The molecule has 0 spiro atoms. The van der Waals surface area contributed by atoms with Crippen LogP contribution in [0, 0.1) is 13.8 Å². The number of nitrogens with one attached hydrogen (secondary N) is 1. The van der Waals surface area contributed by atoms with Crippen molar-refractivity contribution >= 4 is 22.8 Å². The van der Waals surface area contributed by atoms with Gasteiger partial charge < -0.3 is 14.5 Å². The van der Waals surface area contributed by atoms with Crippen LogP contribution in [0.5, 0.6) is 0 Å². The van der Waals surface area contributed by atoms with Crippen LogP contribution in [0.15, 0.2) is 22.8 Å². The quantitative estimate of drug-likeness (QED) is 0.884. The van der Waals surface area contributed by atoms with Gasteiger partial charge in [-0.1, -0.05) is 0 Å². The van der Waals surface area contributed by atoms with Crippen LogP contribution in [0.25, 0.3) is 11.0 Å². The van der Waals surface area contributed by atoms with Crippen LogP contribution in [0.3, 0.4) is 0 Å². The van der Waals surface area contributed by atoms with E-state index in [1.54, 1.807) is 6.26 Å². The van der Waals surface area contributed by atoms with Crippen molar-refractivity contribution in [2.75, 3.05) is 6.54 Å². The van der Waals surface area contributed by atoms with Crippen LogP contribution in [0.4, 0.5) is 0 Å². The number of rotatable bonds is 3. The molecule has 5 heteroatoms. The first-order valence-electron chi connectivity index (χ1n) is 7.99. The van der Waals surface area contributed by atoms with Crippen molar-refractivity contribution in [1.82, 2.24) is 5.32 Å². The summed E-state index contributed by atoms with van der Waals surface area (Å²) in [5, 5.41) is 3.69. The third-order valence-corrected chi connectivity index (χ3v) is 4.36. The third kappa shape index (κ3) is 3.38. The molecular weight excluding hydrogens is 294 g/mol. The minimum Gasteiger partial charge on any atom is -0.464 e. The molecule has 1 amide bonds. The molecule has 122 valence electrons. The van der Waals surface area contributed by atoms with Gasteiger partial charge in [0.15, 0.2) is 6.10 Å². The van der Waals surface area contributed by atoms with Crippen molar-refractivity contribution < 1.29 is 18.7 Å². The van der Waals surface area contributed by atoms with Gasteiger partial charge in [0.25, 0.3) is 5.91 Å². The average molecular weight is 315 g/mol. The number of hydrogen-bond donors (Lipinski definition) is 1. The van der Waals surface area contributed by atoms with E-state index in [2.05, 4.69) is 5.32 Å². The first-order chi connectivity index (χ1) is 11.0. The Morgan fingerprint density at radius 2 is 2.09 bits per heavy atom. The van der Waals surface area contributed by atoms with Crippen LogP contribution in [0.1, 0.15) is 36.0 Å². The molecule has 1 atom stereocenters. The fourth-order valence-electron chi connectivity index (χ4n) is 2.85. The smallest absolute Gasteiger partial charge is 0.311 e. The van der Waals surface area contributed by atoms with E-state index in [1.165, 1.54) is 0 Å². The zero-order valence-corrected chi connectivity index (χ0v) is 13.5. The molecule has 2 heterocycles. The van der Waals surface area contributed by atoms with Crippen LogP contribution < -0.4 is 5.32 Å². The zero-order valence-electron chi connectivity index (χ0n) is 13.5. The maximum atomic E-state index is 12.2. The van der Waals surface area contributed by atoms with Crippen molar-refractivity contribution in [2.45, 2.75) is 45.6 Å². The Hall–Kier alpha value is -2.30. The first kappa shape index (κ1) is 15.6. The lowest BCUT2D eigenvalue weighted by molar-refractivity contribution is -0.155. The molecule has 3 rings (SSSR count). The van der Waals surface area contributed by atoms with Crippen LogP contribution in [-0.2, 0) is 20.7 Å². The molecule has 0 saturated carbocycles. The van der Waals surface area contributed by atoms with E-state index in [1.807, 2.05) is 26.0 Å². The highest BCUT2D eigenvalue weighted by atomic mass is 16.5. The van der Waals surface area contributed by atoms with E-state index < -0.39 is 12.1 Å². The van der Waals surface area contributed by atoms with Crippen LogP contribution in [-0.4, -0.2) is 24.5 Å². The number of hydrogen-bond acceptors (Lipinski definition) is 4. The van der Waals surface area contributed by atoms with Gasteiger partial charge in [0.2, 0.25) is 0 Å². The molecular formula is C18H21NO4. The number of benzene rings is 1. The zero-order chi connectivity index (χ0) is 16.4. The maximum absolute atomic E-state index is 12.2. The van der Waals surface area contributed by atoms with E-state index in [0.29, 0.717) is 13.0 Å². The van der Waals surface area contributed by atoms with Gasteiger partial charge in [-0.05, 0) is 56.4 Å². The Morgan fingerprint density at radius 1 is 1.30 bits per heavy atom. The van der Waals surface area contributed by atoms with E-state index in [9.17, 15) is 9.59 Å². The van der Waals surface area contributed by atoms with Gasteiger partial charge >= 0.3 is 5.97 Å². The van der Waals surface area contributed by atoms with E-state index in [-0.39, 0.29) is 12.3 Å². The summed E-state index contributed by atoms with van der Waals surface area (Å²) < 4.78 is 10.9. The van der Waals surface area contributed by atoms with Crippen LogP contribution in [0.2, 0.25) is 0 Å². The van der Waals surface area contributed by atoms with Gasteiger partial charge in [-0.15, -0.1) is 0 Å². The van der Waals surface area contributed by atoms with Crippen molar-refractivity contribution in [1.29, 1.82) is 0 Å². The minimum absolute atomic E-state index is 0.110. The Morgan fingerprint density at radius 3 is 2.91 bits per heavy atom. The van der Waals surface area contributed by atoms with E-state index in [4.69, 9.17) is 9.15 Å². The molecule has 1 fully saturated rings. The second-order valence-electron chi connectivity index (χ2n) is 6.14. The summed E-state index contributed by atoms with van der Waals surface area (Å²) in [7, 11) is 0. The predicted molar refractivity (Wildman–Crippen MR) is 86.1 cm³/mol. The lowest BCUT2D eigenvalue weighted by Crippen LogP contribution is -2.36. The monoisotopic (exact) mass is 315 g/mol. The van der Waals surface area contributed by atoms with Gasteiger partial charge in [0, 0.05) is 17.5 Å². The Balaban J connectivity index is 1.72. The number of carbonyl (C=O) groups excluding carboxylic acids is 2. The SMILES string of the molecule is Cc1cc2occ(CC(=O)O[C@@H]3CCCCNC3=O)c2cc1C. The molecule has 0 unspecified atom stereocenters. The fraction of sp³-hybridized carbons (Fsp3) is 0.444. The summed E-state index contributed by atoms with van der Waals surface area (Å²) in [6, 6.07) is 3.99. The standard InChI is InChI=1S/C18H21NO4/c1-11-7-14-13(10-22-16(14)8-12(11)2)9-17(20)23-15-5-3-4-6-19-18(15)21/h7-8,10,15H,3-6,9H2,1-2H3,(H,19,21)/t15-/m1/s1. The third-order valence-electron chi connectivity index (χ3n) is 4.36. The second kappa shape index (κ2) is 6.44. The predicted octanol–water partition coefficient (Wildman–Crippen LogP) is 2.80. The Bertz CT molecular complexity index is 747. The van der Waals surface area contributed by atoms with Gasteiger partial charge in [0.05, 0.1) is 12.7 Å². The van der Waals surface area contributed by atoms with Gasteiger partial charge in [-0.3, -0.25) is 9.59 Å². The molecule has 1 aromatic carbocycles. The molecule has 1 N–H and O–H groups in total. The van der Waals surface area contributed by atoms with Crippen molar-refractivity contribution in [3.05, 3.63) is 35.1 Å². The molecule has 0 radical (unpaired) electrons. The van der Waals surface area contributed by atoms with Gasteiger partial charge in [-0.2, -0.15) is 0 Å². The largest absolute Gasteiger partial charge is 0.464 e. The summed E-state index contributed by atoms with van der Waals surface area (Å²) in [6.45, 7) is 4.70. The number of aryl methyl sites for hydroxylation is 2. The summed E-state index contributed by atoms with van der Waals surface area (Å²) in [5.74, 6) is -0.590. The molecule has 23 heavy (non-hydrogen) atoms. The topological polar surface area (TPSA) is 68.5 Å². The number of ether oxygens (including phenoxy) is 1. The first-order valence-corrected chi connectivity index (χ1v) is 7.99. The molecule has 2 aromatic rings. The Labute approximate surface area is 135 Å². The summed E-state index contributed by atoms with van der Waals surface area (Å²) in [6.07, 6.45) is 3.42. The van der Waals surface area contributed by atoms with Crippen molar-refractivity contribution in [2.24, 2.45) is 0 Å². The maximum Gasteiger partial charge on any atom is 0.311 e. The normalized spacial score (nSPS) is 18.5. The van der Waals surface area contributed by atoms with E-state index >= 15 is 0 Å². The minimum atomic E-state index is -0.674. The molecule has 1 saturated heterocycles. The highest BCUT2D eigenvalue weighted by Crippen LogP contribution is 2.25. The number of esters is 1. The lowest BCUT2D eigenvalue weighted by atomic mass is 10.0. The number of amides is 1. The number of furan rings is 1. The molecule has 1 aromatic heterocycles. The summed E-state index contributed by atoms with van der Waals surface area (Å²) in [5.41, 5.74) is 3.86. The van der Waals surface area contributed by atoms with Gasteiger partial charge in [-0.25, -0.2) is 0 Å². The summed E-state index contributed by atoms with van der Waals surface area (Å²) >= 11 is 0. The van der Waals surface area contributed by atoms with Crippen molar-refractivity contribution in [3.8, 4) is 0 Å². The van der Waals surface area contributed by atoms with Gasteiger partial charge in [0.1, 0.15) is 5.58 Å². The summed E-state index contributed by atoms with van der Waals surface area (Å²) in [4.78, 5) is 24.0. The molecule has 1 aliphatic heterocycles. The second-order valence-corrected chi connectivity index (χ2v) is 6.14. The van der Waals surface area contributed by atoms with Crippen LogP contribution >= 0.6 is 0 Å². The lowest BCUT2D eigenvalue weighted by Gasteiger charge is -2.14. The molecule has 0 aliphatic carbocycles. The number of carbonyl (C=O) groups is 2.